The monoisotopic (exact) mass is 331 g/mol. The van der Waals surface area contributed by atoms with Crippen molar-refractivity contribution in [2.24, 2.45) is 5.73 Å². The molecule has 1 aliphatic rings. The SMILES string of the molecule is CN1CCN(c2ccc(CN)c(I)c2)CC1. The molecule has 0 amide bonds. The minimum absolute atomic E-state index is 0.626. The van der Waals surface area contributed by atoms with Crippen molar-refractivity contribution in [2.75, 3.05) is 38.1 Å². The number of likely N-dealkylation sites (N-methyl/N-ethyl adjacent to an activating group) is 1. The predicted molar refractivity (Wildman–Crippen MR) is 76.8 cm³/mol. The van der Waals surface area contributed by atoms with E-state index in [4.69, 9.17) is 5.73 Å². The number of anilines is 1. The lowest BCUT2D eigenvalue weighted by atomic mass is 10.2. The highest BCUT2D eigenvalue weighted by Crippen LogP contribution is 2.22. The first-order valence-corrected chi connectivity index (χ1v) is 6.70. The fraction of sp³-hybridized carbons (Fsp3) is 0.500. The summed E-state index contributed by atoms with van der Waals surface area (Å²) < 4.78 is 1.27. The first-order chi connectivity index (χ1) is 7.70. The van der Waals surface area contributed by atoms with Crippen molar-refractivity contribution in [1.82, 2.24) is 4.90 Å². The zero-order chi connectivity index (χ0) is 11.5. The average Bonchev–Trinajstić information content (AvgIpc) is 2.30. The Morgan fingerprint density at radius 2 is 1.94 bits per heavy atom. The molecule has 0 aliphatic carbocycles. The zero-order valence-electron chi connectivity index (χ0n) is 9.62. The third-order valence-corrected chi connectivity index (χ3v) is 4.13. The van der Waals surface area contributed by atoms with E-state index >= 15 is 0 Å². The average molecular weight is 331 g/mol. The van der Waals surface area contributed by atoms with Gasteiger partial charge in [0, 0.05) is 42.0 Å². The molecular formula is C12H18IN3. The first-order valence-electron chi connectivity index (χ1n) is 5.62. The van der Waals surface area contributed by atoms with Crippen LogP contribution in [0.25, 0.3) is 0 Å². The summed E-state index contributed by atoms with van der Waals surface area (Å²) in [4.78, 5) is 4.82. The maximum atomic E-state index is 5.67. The minimum atomic E-state index is 0.626. The highest BCUT2D eigenvalue weighted by atomic mass is 127. The Labute approximate surface area is 111 Å². The molecule has 1 aromatic carbocycles. The molecule has 16 heavy (non-hydrogen) atoms. The van der Waals surface area contributed by atoms with E-state index in [2.05, 4.69) is 57.6 Å². The molecule has 0 bridgehead atoms. The van der Waals surface area contributed by atoms with Gasteiger partial charge in [0.2, 0.25) is 0 Å². The molecule has 0 unspecified atom stereocenters. The number of nitrogens with two attached hydrogens (primary N) is 1. The summed E-state index contributed by atoms with van der Waals surface area (Å²) >= 11 is 2.37. The fourth-order valence-electron chi connectivity index (χ4n) is 1.96. The maximum absolute atomic E-state index is 5.67. The summed E-state index contributed by atoms with van der Waals surface area (Å²) in [5.74, 6) is 0. The Balaban J connectivity index is 2.12. The largest absolute Gasteiger partial charge is 0.369 e. The van der Waals surface area contributed by atoms with Crippen molar-refractivity contribution >= 4 is 28.3 Å². The van der Waals surface area contributed by atoms with Gasteiger partial charge >= 0.3 is 0 Å². The van der Waals surface area contributed by atoms with Crippen LogP contribution in [0.2, 0.25) is 0 Å². The van der Waals surface area contributed by atoms with E-state index in [9.17, 15) is 0 Å². The molecule has 0 atom stereocenters. The Hall–Kier alpha value is -0.330. The molecule has 4 heteroatoms. The summed E-state index contributed by atoms with van der Waals surface area (Å²) in [7, 11) is 2.18. The lowest BCUT2D eigenvalue weighted by Gasteiger charge is -2.34. The Morgan fingerprint density at radius 3 is 2.50 bits per heavy atom. The van der Waals surface area contributed by atoms with Gasteiger partial charge in [0.05, 0.1) is 0 Å². The number of hydrogen-bond donors (Lipinski definition) is 1. The van der Waals surface area contributed by atoms with Crippen molar-refractivity contribution in [3.05, 3.63) is 27.3 Å². The molecule has 1 fully saturated rings. The summed E-state index contributed by atoms with van der Waals surface area (Å²) in [6.45, 7) is 5.16. The quantitative estimate of drug-likeness (QED) is 0.834. The second-order valence-corrected chi connectivity index (χ2v) is 5.43. The molecule has 1 heterocycles. The molecule has 1 saturated heterocycles. The first kappa shape index (κ1) is 12.1. The van der Waals surface area contributed by atoms with Crippen LogP contribution in [0, 0.1) is 3.57 Å². The number of hydrogen-bond acceptors (Lipinski definition) is 3. The second kappa shape index (κ2) is 5.33. The Morgan fingerprint density at radius 1 is 1.25 bits per heavy atom. The third-order valence-electron chi connectivity index (χ3n) is 3.12. The van der Waals surface area contributed by atoms with Crippen LogP contribution in [-0.4, -0.2) is 38.1 Å². The molecule has 2 rings (SSSR count). The van der Waals surface area contributed by atoms with Gasteiger partial charge in [-0.2, -0.15) is 0 Å². The lowest BCUT2D eigenvalue weighted by molar-refractivity contribution is 0.313. The van der Waals surface area contributed by atoms with Gasteiger partial charge in [-0.25, -0.2) is 0 Å². The summed E-state index contributed by atoms with van der Waals surface area (Å²) in [6.07, 6.45) is 0. The molecule has 88 valence electrons. The van der Waals surface area contributed by atoms with Crippen molar-refractivity contribution in [3.8, 4) is 0 Å². The number of rotatable bonds is 2. The van der Waals surface area contributed by atoms with Crippen molar-refractivity contribution in [3.63, 3.8) is 0 Å². The minimum Gasteiger partial charge on any atom is -0.369 e. The summed E-state index contributed by atoms with van der Waals surface area (Å²) in [6, 6.07) is 6.58. The van der Waals surface area contributed by atoms with Gasteiger partial charge in [0.1, 0.15) is 0 Å². The fourth-order valence-corrected chi connectivity index (χ4v) is 2.68. The van der Waals surface area contributed by atoms with E-state index in [1.165, 1.54) is 14.8 Å². The molecule has 3 nitrogen and oxygen atoms in total. The zero-order valence-corrected chi connectivity index (χ0v) is 11.8. The van der Waals surface area contributed by atoms with Gasteiger partial charge in [-0.3, -0.25) is 0 Å². The summed E-state index contributed by atoms with van der Waals surface area (Å²) in [5, 5.41) is 0. The predicted octanol–water partition coefficient (Wildman–Crippen LogP) is 1.50. The van der Waals surface area contributed by atoms with Crippen molar-refractivity contribution in [1.29, 1.82) is 0 Å². The van der Waals surface area contributed by atoms with Gasteiger partial charge in [-0.15, -0.1) is 0 Å². The molecule has 2 N–H and O–H groups in total. The van der Waals surface area contributed by atoms with Gasteiger partial charge in [-0.05, 0) is 47.3 Å². The normalized spacial score (nSPS) is 17.8. The van der Waals surface area contributed by atoms with E-state index in [1.807, 2.05) is 0 Å². The maximum Gasteiger partial charge on any atom is 0.0377 e. The molecule has 0 saturated carbocycles. The number of piperazine rings is 1. The van der Waals surface area contributed by atoms with Crippen LogP contribution in [0.1, 0.15) is 5.56 Å². The van der Waals surface area contributed by atoms with Crippen LogP contribution < -0.4 is 10.6 Å². The standard InChI is InChI=1S/C12H18IN3/c1-15-4-6-16(7-5-15)11-3-2-10(9-14)12(13)8-11/h2-3,8H,4-7,9,14H2,1H3. The second-order valence-electron chi connectivity index (χ2n) is 4.27. The van der Waals surface area contributed by atoms with E-state index in [0.29, 0.717) is 6.54 Å². The molecule has 0 radical (unpaired) electrons. The summed E-state index contributed by atoms with van der Waals surface area (Å²) in [5.41, 5.74) is 8.24. The van der Waals surface area contributed by atoms with Crippen LogP contribution in [-0.2, 0) is 6.54 Å². The van der Waals surface area contributed by atoms with Gasteiger partial charge in [-0.1, -0.05) is 6.07 Å². The van der Waals surface area contributed by atoms with Crippen molar-refractivity contribution < 1.29 is 0 Å². The van der Waals surface area contributed by atoms with Crippen LogP contribution in [0.4, 0.5) is 5.69 Å². The Kier molecular flexibility index (Phi) is 4.05. The van der Waals surface area contributed by atoms with E-state index < -0.39 is 0 Å². The number of nitrogens with zero attached hydrogens (tertiary/aromatic N) is 2. The molecule has 1 aromatic rings. The van der Waals surface area contributed by atoms with Crippen molar-refractivity contribution in [2.45, 2.75) is 6.54 Å². The molecular weight excluding hydrogens is 313 g/mol. The number of halogens is 1. The van der Waals surface area contributed by atoms with Crippen LogP contribution in [0.3, 0.4) is 0 Å². The molecule has 0 spiro atoms. The lowest BCUT2D eigenvalue weighted by Crippen LogP contribution is -2.44. The van der Waals surface area contributed by atoms with Crippen LogP contribution >= 0.6 is 22.6 Å². The third kappa shape index (κ3) is 2.67. The smallest absolute Gasteiger partial charge is 0.0377 e. The topological polar surface area (TPSA) is 32.5 Å². The van der Waals surface area contributed by atoms with E-state index in [-0.39, 0.29) is 0 Å². The van der Waals surface area contributed by atoms with E-state index in [0.717, 1.165) is 26.2 Å². The highest BCUT2D eigenvalue weighted by Gasteiger charge is 2.14. The van der Waals surface area contributed by atoms with E-state index in [1.54, 1.807) is 0 Å². The van der Waals surface area contributed by atoms with Gasteiger partial charge < -0.3 is 15.5 Å². The van der Waals surface area contributed by atoms with Crippen LogP contribution in [0.5, 0.6) is 0 Å². The highest BCUT2D eigenvalue weighted by molar-refractivity contribution is 14.1. The van der Waals surface area contributed by atoms with Gasteiger partial charge in [0.15, 0.2) is 0 Å². The molecule has 0 aromatic heterocycles. The molecule has 1 aliphatic heterocycles. The number of benzene rings is 1. The Bertz CT molecular complexity index is 359. The van der Waals surface area contributed by atoms with Gasteiger partial charge in [0.25, 0.3) is 0 Å². The van der Waals surface area contributed by atoms with Crippen LogP contribution in [0.15, 0.2) is 18.2 Å².